The zero-order valence-electron chi connectivity index (χ0n) is 15.8. The highest BCUT2D eigenvalue weighted by Crippen LogP contribution is 2.25. The highest BCUT2D eigenvalue weighted by molar-refractivity contribution is 5.82. The average molecular weight is 350 g/mol. The lowest BCUT2D eigenvalue weighted by molar-refractivity contribution is -0.131. The Morgan fingerprint density at radius 3 is 2.88 bits per heavy atom. The van der Waals surface area contributed by atoms with Gasteiger partial charge < -0.3 is 15.4 Å². The van der Waals surface area contributed by atoms with Gasteiger partial charge in [-0.3, -0.25) is 4.79 Å². The van der Waals surface area contributed by atoms with Crippen LogP contribution in [0.2, 0.25) is 0 Å². The molecule has 140 valence electrons. The molecule has 0 spiro atoms. The monoisotopic (exact) mass is 350 g/mol. The molecule has 1 fully saturated rings. The smallest absolute Gasteiger partial charge is 0.225 e. The van der Waals surface area contributed by atoms with Crippen molar-refractivity contribution in [3.8, 4) is 5.75 Å². The van der Waals surface area contributed by atoms with Gasteiger partial charge in [0.2, 0.25) is 5.91 Å². The largest absolute Gasteiger partial charge is 0.493 e. The van der Waals surface area contributed by atoms with Crippen molar-refractivity contribution in [3.05, 3.63) is 29.3 Å². The second-order valence-electron chi connectivity index (χ2n) is 7.69. The number of halogens is 1. The molecular weight excluding hydrogens is 319 g/mol. The Labute approximate surface area is 150 Å². The number of hydrogen-bond donors (Lipinski definition) is 2. The standard InChI is InChI=1S/C20H31FN2O2/c1-14-6-7-15(2)18(12-14)25-11-5-9-20(3,4)19(24)23-17-8-10-22-13-16(17)21/h6-7,12,16-17,22H,5,8-11,13H2,1-4H3,(H,23,24)/t16-,17-/m0/s1. The normalized spacial score (nSPS) is 21.0. The Kier molecular flexibility index (Phi) is 6.82. The SMILES string of the molecule is Cc1ccc(C)c(OCCCC(C)(C)C(=O)N[C@H]2CCNC[C@@H]2F)c1. The predicted octanol–water partition coefficient (Wildman–Crippen LogP) is 3.30. The van der Waals surface area contributed by atoms with E-state index in [0.717, 1.165) is 24.3 Å². The summed E-state index contributed by atoms with van der Waals surface area (Å²) in [6.45, 7) is 9.52. The molecule has 1 aliphatic rings. The van der Waals surface area contributed by atoms with Crippen molar-refractivity contribution in [2.45, 2.75) is 59.2 Å². The molecule has 1 aromatic carbocycles. The van der Waals surface area contributed by atoms with Crippen LogP contribution in [0.15, 0.2) is 18.2 Å². The molecule has 1 saturated heterocycles. The van der Waals surface area contributed by atoms with Gasteiger partial charge >= 0.3 is 0 Å². The summed E-state index contributed by atoms with van der Waals surface area (Å²) in [6, 6.07) is 5.77. The van der Waals surface area contributed by atoms with Crippen LogP contribution in [0.25, 0.3) is 0 Å². The molecule has 4 nitrogen and oxygen atoms in total. The van der Waals surface area contributed by atoms with Crippen LogP contribution in [0.5, 0.6) is 5.75 Å². The topological polar surface area (TPSA) is 50.4 Å². The second-order valence-corrected chi connectivity index (χ2v) is 7.69. The van der Waals surface area contributed by atoms with Crippen molar-refractivity contribution in [1.82, 2.24) is 10.6 Å². The number of piperidine rings is 1. The lowest BCUT2D eigenvalue weighted by Gasteiger charge is -2.31. The Balaban J connectivity index is 1.78. The van der Waals surface area contributed by atoms with Gasteiger partial charge in [-0.25, -0.2) is 4.39 Å². The highest BCUT2D eigenvalue weighted by Gasteiger charge is 2.32. The van der Waals surface area contributed by atoms with E-state index in [1.54, 1.807) is 0 Å². The van der Waals surface area contributed by atoms with Crippen molar-refractivity contribution in [1.29, 1.82) is 0 Å². The third kappa shape index (κ3) is 5.70. The van der Waals surface area contributed by atoms with Crippen LogP contribution in [0.4, 0.5) is 4.39 Å². The minimum absolute atomic E-state index is 0.0752. The van der Waals surface area contributed by atoms with Gasteiger partial charge in [0.05, 0.1) is 12.6 Å². The maximum atomic E-state index is 13.9. The zero-order valence-corrected chi connectivity index (χ0v) is 15.8. The quantitative estimate of drug-likeness (QED) is 0.742. The van der Waals surface area contributed by atoms with E-state index < -0.39 is 11.6 Å². The number of benzene rings is 1. The fraction of sp³-hybridized carbons (Fsp3) is 0.650. The third-order valence-corrected chi connectivity index (χ3v) is 4.89. The minimum atomic E-state index is -1.01. The first-order valence-electron chi connectivity index (χ1n) is 9.15. The maximum Gasteiger partial charge on any atom is 0.225 e. The van der Waals surface area contributed by atoms with Crippen LogP contribution >= 0.6 is 0 Å². The van der Waals surface area contributed by atoms with Gasteiger partial charge in [0.25, 0.3) is 0 Å². The molecule has 2 rings (SSSR count). The maximum absolute atomic E-state index is 13.9. The summed E-state index contributed by atoms with van der Waals surface area (Å²) in [4.78, 5) is 12.5. The summed E-state index contributed by atoms with van der Waals surface area (Å²) in [6.07, 6.45) is 1.10. The minimum Gasteiger partial charge on any atom is -0.493 e. The van der Waals surface area contributed by atoms with Crippen LogP contribution < -0.4 is 15.4 Å². The molecule has 0 aromatic heterocycles. The van der Waals surface area contributed by atoms with Crippen LogP contribution in [-0.2, 0) is 4.79 Å². The van der Waals surface area contributed by atoms with Crippen LogP contribution in [-0.4, -0.2) is 37.8 Å². The van der Waals surface area contributed by atoms with Crippen molar-refractivity contribution in [3.63, 3.8) is 0 Å². The molecule has 5 heteroatoms. The summed E-state index contributed by atoms with van der Waals surface area (Å²) in [5.74, 6) is 0.825. The molecule has 2 atom stereocenters. The van der Waals surface area contributed by atoms with Crippen molar-refractivity contribution >= 4 is 5.91 Å². The van der Waals surface area contributed by atoms with E-state index >= 15 is 0 Å². The number of nitrogens with one attached hydrogen (secondary N) is 2. The molecule has 0 radical (unpaired) electrons. The lowest BCUT2D eigenvalue weighted by Crippen LogP contribution is -2.53. The molecular formula is C20H31FN2O2. The Morgan fingerprint density at radius 2 is 2.16 bits per heavy atom. The molecule has 0 saturated carbocycles. The number of hydrogen-bond acceptors (Lipinski definition) is 3. The summed E-state index contributed by atoms with van der Waals surface area (Å²) in [5, 5.41) is 5.89. The number of amides is 1. The van der Waals surface area contributed by atoms with Crippen molar-refractivity contribution < 1.29 is 13.9 Å². The molecule has 1 amide bonds. The number of aryl methyl sites for hydroxylation is 2. The van der Waals surface area contributed by atoms with Crippen LogP contribution in [0.1, 0.15) is 44.2 Å². The number of carbonyl (C=O) groups excluding carboxylic acids is 1. The first kappa shape index (κ1) is 19.7. The molecule has 25 heavy (non-hydrogen) atoms. The van der Waals surface area contributed by atoms with Gasteiger partial charge in [-0.1, -0.05) is 26.0 Å². The predicted molar refractivity (Wildman–Crippen MR) is 98.7 cm³/mol. The van der Waals surface area contributed by atoms with E-state index in [2.05, 4.69) is 22.8 Å². The number of ether oxygens (including phenoxy) is 1. The Hall–Kier alpha value is -1.62. The zero-order chi connectivity index (χ0) is 18.4. The van der Waals surface area contributed by atoms with E-state index in [4.69, 9.17) is 4.74 Å². The fourth-order valence-electron chi connectivity index (χ4n) is 3.02. The van der Waals surface area contributed by atoms with E-state index in [1.165, 1.54) is 5.56 Å². The number of rotatable bonds is 7. The van der Waals surface area contributed by atoms with Crippen molar-refractivity contribution in [2.75, 3.05) is 19.7 Å². The van der Waals surface area contributed by atoms with Gasteiger partial charge in [-0.05, 0) is 56.8 Å². The summed E-state index contributed by atoms with van der Waals surface area (Å²) >= 11 is 0. The van der Waals surface area contributed by atoms with Crippen LogP contribution in [0.3, 0.4) is 0 Å². The highest BCUT2D eigenvalue weighted by atomic mass is 19.1. The molecule has 2 N–H and O–H groups in total. The summed E-state index contributed by atoms with van der Waals surface area (Å²) in [5.41, 5.74) is 1.75. The van der Waals surface area contributed by atoms with E-state index in [-0.39, 0.29) is 11.9 Å². The summed E-state index contributed by atoms with van der Waals surface area (Å²) < 4.78 is 19.7. The van der Waals surface area contributed by atoms with E-state index in [1.807, 2.05) is 33.8 Å². The van der Waals surface area contributed by atoms with Gasteiger partial charge in [0, 0.05) is 12.0 Å². The Morgan fingerprint density at radius 1 is 1.40 bits per heavy atom. The van der Waals surface area contributed by atoms with Gasteiger partial charge in [-0.2, -0.15) is 0 Å². The molecule has 0 unspecified atom stereocenters. The summed E-state index contributed by atoms with van der Waals surface area (Å²) in [7, 11) is 0. The first-order valence-corrected chi connectivity index (χ1v) is 9.15. The first-order chi connectivity index (χ1) is 11.8. The van der Waals surface area contributed by atoms with Crippen molar-refractivity contribution in [2.24, 2.45) is 5.41 Å². The van der Waals surface area contributed by atoms with Gasteiger partial charge in [0.1, 0.15) is 11.9 Å². The molecule has 1 heterocycles. The molecule has 1 aliphatic heterocycles. The number of alkyl halides is 1. The van der Waals surface area contributed by atoms with E-state index in [0.29, 0.717) is 26.0 Å². The van der Waals surface area contributed by atoms with Crippen LogP contribution in [0, 0.1) is 19.3 Å². The third-order valence-electron chi connectivity index (χ3n) is 4.89. The second kappa shape index (κ2) is 8.65. The lowest BCUT2D eigenvalue weighted by atomic mass is 9.86. The average Bonchev–Trinajstić information content (AvgIpc) is 2.56. The molecule has 0 bridgehead atoms. The Bertz CT molecular complexity index is 589. The molecule has 1 aromatic rings. The van der Waals surface area contributed by atoms with E-state index in [9.17, 15) is 9.18 Å². The number of carbonyl (C=O) groups is 1. The molecule has 0 aliphatic carbocycles. The fourth-order valence-corrected chi connectivity index (χ4v) is 3.02. The van der Waals surface area contributed by atoms with Gasteiger partial charge in [-0.15, -0.1) is 0 Å². The van der Waals surface area contributed by atoms with Gasteiger partial charge in [0.15, 0.2) is 0 Å².